The first kappa shape index (κ1) is 11.5. The van der Waals surface area contributed by atoms with E-state index in [1.807, 2.05) is 23.9 Å². The molecule has 90 valence electrons. The maximum Gasteiger partial charge on any atom is 0.0952 e. The van der Waals surface area contributed by atoms with Gasteiger partial charge in [-0.15, -0.1) is 11.3 Å². The van der Waals surface area contributed by atoms with Crippen molar-refractivity contribution in [3.63, 3.8) is 0 Å². The summed E-state index contributed by atoms with van der Waals surface area (Å²) in [5.41, 5.74) is 0. The Hall–Kier alpha value is -0.610. The van der Waals surface area contributed by atoms with Gasteiger partial charge >= 0.3 is 0 Å². The Morgan fingerprint density at radius 2 is 2.24 bits per heavy atom. The van der Waals surface area contributed by atoms with Gasteiger partial charge in [0.2, 0.25) is 0 Å². The number of thiophene rings is 1. The quantitative estimate of drug-likeness (QED) is 0.817. The minimum absolute atomic E-state index is 0.467. The third-order valence-corrected chi connectivity index (χ3v) is 5.55. The number of rotatable bonds is 3. The molecule has 0 N–H and O–H groups in total. The summed E-state index contributed by atoms with van der Waals surface area (Å²) in [6, 6.07) is 2.62. The lowest BCUT2D eigenvalue weighted by atomic mass is 9.96. The summed E-state index contributed by atoms with van der Waals surface area (Å²) in [4.78, 5) is 5.65. The highest BCUT2D eigenvalue weighted by Crippen LogP contribution is 2.42. The van der Waals surface area contributed by atoms with Crippen LogP contribution < -0.4 is 0 Å². The van der Waals surface area contributed by atoms with E-state index in [1.165, 1.54) is 35.0 Å². The summed E-state index contributed by atoms with van der Waals surface area (Å²) in [6.07, 6.45) is 11.4. The zero-order valence-electron chi connectivity index (χ0n) is 9.55. The van der Waals surface area contributed by atoms with Crippen molar-refractivity contribution < 1.29 is 0 Å². The molecule has 2 nitrogen and oxygen atoms in total. The molecule has 0 radical (unpaired) electrons. The maximum absolute atomic E-state index is 4.21. The molecule has 1 fully saturated rings. The van der Waals surface area contributed by atoms with Gasteiger partial charge in [-0.2, -0.15) is 0 Å². The van der Waals surface area contributed by atoms with Crippen LogP contribution in [0.25, 0.3) is 0 Å². The van der Waals surface area contributed by atoms with Crippen LogP contribution in [0.3, 0.4) is 0 Å². The number of hydrogen-bond donors (Lipinski definition) is 0. The van der Waals surface area contributed by atoms with Gasteiger partial charge in [0.05, 0.1) is 12.4 Å². The Kier molecular flexibility index (Phi) is 3.34. The van der Waals surface area contributed by atoms with E-state index in [0.717, 1.165) is 5.92 Å². The molecule has 1 aliphatic carbocycles. The van der Waals surface area contributed by atoms with E-state index in [2.05, 4.69) is 43.1 Å². The molecular formula is C13H15BrN2S. The van der Waals surface area contributed by atoms with Gasteiger partial charge in [0.25, 0.3) is 0 Å². The van der Waals surface area contributed by atoms with Crippen LogP contribution in [0.15, 0.2) is 34.6 Å². The maximum atomic E-state index is 4.21. The van der Waals surface area contributed by atoms with Crippen molar-refractivity contribution >= 4 is 27.3 Å². The molecule has 4 heteroatoms. The smallest absolute Gasteiger partial charge is 0.0952 e. The number of aromatic nitrogens is 2. The van der Waals surface area contributed by atoms with Crippen LogP contribution >= 0.6 is 27.3 Å². The van der Waals surface area contributed by atoms with E-state index < -0.39 is 0 Å². The van der Waals surface area contributed by atoms with Gasteiger partial charge in [-0.3, -0.25) is 0 Å². The van der Waals surface area contributed by atoms with Gasteiger partial charge in [0.1, 0.15) is 0 Å². The van der Waals surface area contributed by atoms with Crippen molar-refractivity contribution in [1.29, 1.82) is 0 Å². The third kappa shape index (κ3) is 2.20. The van der Waals surface area contributed by atoms with Crippen LogP contribution in [-0.4, -0.2) is 9.55 Å². The normalized spacial score (nSPS) is 18.6. The highest BCUT2D eigenvalue weighted by Gasteiger charge is 2.29. The summed E-state index contributed by atoms with van der Waals surface area (Å²) in [6.45, 7) is 0. The Balaban J connectivity index is 1.99. The fraction of sp³-hybridized carbons (Fsp3) is 0.462. The predicted molar refractivity (Wildman–Crippen MR) is 74.3 cm³/mol. The van der Waals surface area contributed by atoms with Crippen LogP contribution in [0.4, 0.5) is 0 Å². The fourth-order valence-electron chi connectivity index (χ4n) is 2.82. The Bertz CT molecular complexity index is 471. The Labute approximate surface area is 114 Å². The Morgan fingerprint density at radius 3 is 2.82 bits per heavy atom. The molecule has 2 aromatic heterocycles. The summed E-state index contributed by atoms with van der Waals surface area (Å²) >= 11 is 5.52. The molecule has 2 heterocycles. The molecule has 1 atom stereocenters. The van der Waals surface area contributed by atoms with Gasteiger partial charge in [0, 0.05) is 21.7 Å². The number of imidazole rings is 1. The summed E-state index contributed by atoms with van der Waals surface area (Å²) in [5.74, 6) is 0.763. The molecular weight excluding hydrogens is 296 g/mol. The van der Waals surface area contributed by atoms with Gasteiger partial charge in [-0.25, -0.2) is 4.98 Å². The zero-order chi connectivity index (χ0) is 11.7. The van der Waals surface area contributed by atoms with Crippen molar-refractivity contribution in [2.45, 2.75) is 31.7 Å². The average Bonchev–Trinajstić information content (AvgIpc) is 3.04. The van der Waals surface area contributed by atoms with E-state index >= 15 is 0 Å². The highest BCUT2D eigenvalue weighted by atomic mass is 79.9. The molecule has 3 rings (SSSR count). The predicted octanol–water partition coefficient (Wildman–Crippen LogP) is 4.49. The lowest BCUT2D eigenvalue weighted by molar-refractivity contribution is 0.389. The van der Waals surface area contributed by atoms with Crippen LogP contribution in [-0.2, 0) is 0 Å². The molecule has 17 heavy (non-hydrogen) atoms. The van der Waals surface area contributed by atoms with Crippen LogP contribution in [0.5, 0.6) is 0 Å². The molecule has 0 aliphatic heterocycles. The first-order chi connectivity index (χ1) is 8.36. The molecule has 1 unspecified atom stereocenters. The largest absolute Gasteiger partial charge is 0.329 e. The average molecular weight is 311 g/mol. The lowest BCUT2D eigenvalue weighted by Gasteiger charge is -2.24. The Morgan fingerprint density at radius 1 is 1.41 bits per heavy atom. The highest BCUT2D eigenvalue weighted by molar-refractivity contribution is 9.10. The van der Waals surface area contributed by atoms with Crippen molar-refractivity contribution in [3.05, 3.63) is 39.5 Å². The molecule has 2 aromatic rings. The van der Waals surface area contributed by atoms with Crippen molar-refractivity contribution in [1.82, 2.24) is 9.55 Å². The standard InChI is InChI=1S/C13H15BrN2S/c14-11-5-8-17-13(11)12(10-3-1-2-4-10)16-7-6-15-9-16/h5-10,12H,1-4H2. The minimum atomic E-state index is 0.467. The van der Waals surface area contributed by atoms with Crippen LogP contribution in [0.1, 0.15) is 36.6 Å². The monoisotopic (exact) mass is 310 g/mol. The number of hydrogen-bond acceptors (Lipinski definition) is 2. The van der Waals surface area contributed by atoms with Crippen LogP contribution in [0.2, 0.25) is 0 Å². The number of nitrogens with zero attached hydrogens (tertiary/aromatic N) is 2. The SMILES string of the molecule is Brc1ccsc1C(C1CCCC1)n1ccnc1. The molecule has 0 aromatic carbocycles. The second kappa shape index (κ2) is 4.94. The second-order valence-corrected chi connectivity index (χ2v) is 6.43. The van der Waals surface area contributed by atoms with Gasteiger partial charge in [-0.05, 0) is 46.1 Å². The molecule has 0 spiro atoms. The van der Waals surface area contributed by atoms with Gasteiger partial charge < -0.3 is 4.57 Å². The lowest BCUT2D eigenvalue weighted by Crippen LogP contribution is -2.16. The first-order valence-corrected chi connectivity index (χ1v) is 7.74. The van der Waals surface area contributed by atoms with Crippen molar-refractivity contribution in [2.24, 2.45) is 5.92 Å². The van der Waals surface area contributed by atoms with E-state index in [0.29, 0.717) is 6.04 Å². The van der Waals surface area contributed by atoms with Crippen molar-refractivity contribution in [2.75, 3.05) is 0 Å². The summed E-state index contributed by atoms with van der Waals surface area (Å²) in [7, 11) is 0. The third-order valence-electron chi connectivity index (χ3n) is 3.61. The summed E-state index contributed by atoms with van der Waals surface area (Å²) < 4.78 is 3.51. The molecule has 0 saturated heterocycles. The van der Waals surface area contributed by atoms with Gasteiger partial charge in [0.15, 0.2) is 0 Å². The minimum Gasteiger partial charge on any atom is -0.329 e. The second-order valence-electron chi connectivity index (χ2n) is 4.63. The molecule has 1 aliphatic rings. The van der Waals surface area contributed by atoms with Gasteiger partial charge in [-0.1, -0.05) is 12.8 Å². The first-order valence-electron chi connectivity index (χ1n) is 6.06. The number of halogens is 1. The van der Waals surface area contributed by atoms with Crippen molar-refractivity contribution in [3.8, 4) is 0 Å². The zero-order valence-corrected chi connectivity index (χ0v) is 12.0. The van der Waals surface area contributed by atoms with Crippen LogP contribution in [0, 0.1) is 5.92 Å². The fourth-order valence-corrected chi connectivity index (χ4v) is 4.62. The van der Waals surface area contributed by atoms with E-state index in [9.17, 15) is 0 Å². The molecule has 0 amide bonds. The molecule has 0 bridgehead atoms. The topological polar surface area (TPSA) is 17.8 Å². The van der Waals surface area contributed by atoms with E-state index in [4.69, 9.17) is 0 Å². The van der Waals surface area contributed by atoms with E-state index in [-0.39, 0.29) is 0 Å². The summed E-state index contributed by atoms with van der Waals surface area (Å²) in [5, 5.41) is 2.16. The molecule has 1 saturated carbocycles. The van der Waals surface area contributed by atoms with E-state index in [1.54, 1.807) is 0 Å².